The molecule has 1 unspecified atom stereocenters. The van der Waals surface area contributed by atoms with Crippen molar-refractivity contribution in [1.29, 1.82) is 0 Å². The maximum Gasteiger partial charge on any atom is 0.300 e. The first kappa shape index (κ1) is 21.8. The molecule has 1 fully saturated rings. The highest BCUT2D eigenvalue weighted by Gasteiger charge is 2.47. The third-order valence-corrected chi connectivity index (χ3v) is 6.92. The summed E-state index contributed by atoms with van der Waals surface area (Å²) in [5, 5.41) is 18.1. The molecule has 10 heteroatoms. The summed E-state index contributed by atoms with van der Waals surface area (Å²) >= 11 is 1.32. The molecule has 2 heterocycles. The Balaban J connectivity index is 1.91. The van der Waals surface area contributed by atoms with Crippen LogP contribution in [-0.2, 0) is 19.6 Å². The summed E-state index contributed by atoms with van der Waals surface area (Å²) in [4.78, 5) is 27.9. The molecule has 0 aliphatic carbocycles. The molecule has 1 atom stereocenters. The van der Waals surface area contributed by atoms with Crippen LogP contribution in [0.25, 0.3) is 5.76 Å². The number of Topliss-reactive ketones (excluding diaryl/α,β-unsaturated/α-hetero) is 1. The number of methoxy groups -OCH3 is 1. The SMILES string of the molecule is COc1ccccc1/C(O)=C1/C(=O)C(=O)N(c2ccc(S(N)(=O)=O)cc2)C1c1cccs1. The highest BCUT2D eigenvalue weighted by molar-refractivity contribution is 7.89. The van der Waals surface area contributed by atoms with Crippen molar-refractivity contribution in [3.63, 3.8) is 0 Å². The number of nitrogens with two attached hydrogens (primary N) is 1. The summed E-state index contributed by atoms with van der Waals surface area (Å²) < 4.78 is 28.5. The fraction of sp³-hybridized carbons (Fsp3) is 0.0909. The zero-order valence-corrected chi connectivity index (χ0v) is 18.4. The Hall–Kier alpha value is -3.47. The van der Waals surface area contributed by atoms with E-state index >= 15 is 0 Å². The van der Waals surface area contributed by atoms with Gasteiger partial charge < -0.3 is 9.84 Å². The van der Waals surface area contributed by atoms with Gasteiger partial charge in [-0.05, 0) is 47.8 Å². The van der Waals surface area contributed by atoms with Crippen molar-refractivity contribution >= 4 is 44.5 Å². The molecular formula is C22H18N2O6S2. The third-order valence-electron chi connectivity index (χ3n) is 5.06. The van der Waals surface area contributed by atoms with E-state index in [1.165, 1.54) is 47.6 Å². The minimum atomic E-state index is -3.92. The lowest BCUT2D eigenvalue weighted by Crippen LogP contribution is -2.29. The summed E-state index contributed by atoms with van der Waals surface area (Å²) in [7, 11) is -2.48. The molecule has 3 aromatic rings. The van der Waals surface area contributed by atoms with E-state index in [0.29, 0.717) is 10.6 Å². The third kappa shape index (κ3) is 3.68. The first-order chi connectivity index (χ1) is 15.2. The van der Waals surface area contributed by atoms with Gasteiger partial charge in [-0.3, -0.25) is 14.5 Å². The van der Waals surface area contributed by atoms with Gasteiger partial charge >= 0.3 is 0 Å². The van der Waals surface area contributed by atoms with E-state index < -0.39 is 27.8 Å². The number of rotatable bonds is 5. The standard InChI is InChI=1S/C22H18N2O6S2/c1-30-16-6-3-2-5-15(16)20(25)18-19(17-7-4-12-31-17)24(22(27)21(18)26)13-8-10-14(11-9-13)32(23,28)29/h2-12,19,25H,1H3,(H2,23,28,29)/b20-18-. The van der Waals surface area contributed by atoms with Crippen LogP contribution in [-0.4, -0.2) is 32.3 Å². The lowest BCUT2D eigenvalue weighted by molar-refractivity contribution is -0.132. The number of ketones is 1. The first-order valence-electron chi connectivity index (χ1n) is 9.34. The van der Waals surface area contributed by atoms with Crippen molar-refractivity contribution in [2.75, 3.05) is 12.0 Å². The smallest absolute Gasteiger partial charge is 0.300 e. The molecule has 0 radical (unpaired) electrons. The van der Waals surface area contributed by atoms with Gasteiger partial charge in [0.25, 0.3) is 11.7 Å². The maximum atomic E-state index is 13.1. The van der Waals surface area contributed by atoms with Crippen LogP contribution in [0.4, 0.5) is 5.69 Å². The van der Waals surface area contributed by atoms with E-state index in [0.717, 1.165) is 0 Å². The predicted octanol–water partition coefficient (Wildman–Crippen LogP) is 3.03. The number of carbonyl (C=O) groups excluding carboxylic acids is 2. The van der Waals surface area contributed by atoms with Gasteiger partial charge in [0.05, 0.1) is 23.1 Å². The van der Waals surface area contributed by atoms with E-state index in [2.05, 4.69) is 0 Å². The van der Waals surface area contributed by atoms with Crippen molar-refractivity contribution < 1.29 is 27.9 Å². The van der Waals surface area contributed by atoms with E-state index in [4.69, 9.17) is 9.88 Å². The molecule has 0 spiro atoms. The van der Waals surface area contributed by atoms with Gasteiger partial charge in [0.1, 0.15) is 17.6 Å². The first-order valence-corrected chi connectivity index (χ1v) is 11.8. The summed E-state index contributed by atoms with van der Waals surface area (Å²) in [5.74, 6) is -1.72. The molecule has 2 aromatic carbocycles. The number of amides is 1. The van der Waals surface area contributed by atoms with Crippen LogP contribution in [0.3, 0.4) is 0 Å². The Kier molecular flexibility index (Phi) is 5.59. The molecular weight excluding hydrogens is 452 g/mol. The Labute approximate surface area is 188 Å². The summed E-state index contributed by atoms with van der Waals surface area (Å²) in [6, 6.07) is 14.6. The summed E-state index contributed by atoms with van der Waals surface area (Å²) in [5.41, 5.74) is 0.480. The lowest BCUT2D eigenvalue weighted by atomic mass is 9.99. The lowest BCUT2D eigenvalue weighted by Gasteiger charge is -2.24. The Bertz CT molecular complexity index is 1330. The van der Waals surface area contributed by atoms with Gasteiger partial charge in [-0.25, -0.2) is 13.6 Å². The minimum Gasteiger partial charge on any atom is -0.507 e. The van der Waals surface area contributed by atoms with E-state index in [9.17, 15) is 23.1 Å². The van der Waals surface area contributed by atoms with Crippen LogP contribution in [0.15, 0.2) is 76.5 Å². The number of aliphatic hydroxyl groups is 1. The van der Waals surface area contributed by atoms with Crippen LogP contribution >= 0.6 is 11.3 Å². The van der Waals surface area contributed by atoms with E-state index in [1.54, 1.807) is 41.8 Å². The highest BCUT2D eigenvalue weighted by atomic mass is 32.2. The molecule has 8 nitrogen and oxygen atoms in total. The fourth-order valence-electron chi connectivity index (χ4n) is 3.60. The van der Waals surface area contributed by atoms with Crippen molar-refractivity contribution in [3.8, 4) is 5.75 Å². The van der Waals surface area contributed by atoms with Gasteiger partial charge in [0.15, 0.2) is 0 Å². The largest absolute Gasteiger partial charge is 0.507 e. The summed E-state index contributed by atoms with van der Waals surface area (Å²) in [6.07, 6.45) is 0. The normalized spacial score (nSPS) is 18.2. The zero-order chi connectivity index (χ0) is 23.0. The maximum absolute atomic E-state index is 13.1. The molecule has 32 heavy (non-hydrogen) atoms. The fourth-order valence-corrected chi connectivity index (χ4v) is 4.94. The second kappa shape index (κ2) is 8.23. The average molecular weight is 471 g/mol. The molecule has 0 saturated carbocycles. The number of anilines is 1. The molecule has 164 valence electrons. The van der Waals surface area contributed by atoms with Crippen molar-refractivity contribution in [1.82, 2.24) is 0 Å². The second-order valence-corrected chi connectivity index (χ2v) is 9.46. The number of hydrogen-bond donors (Lipinski definition) is 2. The molecule has 1 aliphatic heterocycles. The molecule has 1 saturated heterocycles. The van der Waals surface area contributed by atoms with Crippen LogP contribution in [0.5, 0.6) is 5.75 Å². The number of sulfonamides is 1. The summed E-state index contributed by atoms with van der Waals surface area (Å²) in [6.45, 7) is 0. The number of carbonyl (C=O) groups is 2. The number of thiophene rings is 1. The van der Waals surface area contributed by atoms with Gasteiger partial charge in [-0.1, -0.05) is 18.2 Å². The zero-order valence-electron chi connectivity index (χ0n) is 16.8. The van der Waals surface area contributed by atoms with E-state index in [-0.39, 0.29) is 27.5 Å². The number of nitrogens with zero attached hydrogens (tertiary/aromatic N) is 1. The quantitative estimate of drug-likeness (QED) is 0.335. The Morgan fingerprint density at radius 1 is 1.06 bits per heavy atom. The molecule has 0 bridgehead atoms. The van der Waals surface area contributed by atoms with Gasteiger partial charge in [-0.2, -0.15) is 0 Å². The number of hydrogen-bond acceptors (Lipinski definition) is 7. The van der Waals surface area contributed by atoms with Gasteiger partial charge in [0.2, 0.25) is 10.0 Å². The number of aliphatic hydroxyl groups excluding tert-OH is 1. The molecule has 1 amide bonds. The van der Waals surface area contributed by atoms with Crippen molar-refractivity contribution in [2.45, 2.75) is 10.9 Å². The van der Waals surface area contributed by atoms with Crippen LogP contribution in [0, 0.1) is 0 Å². The number of ether oxygens (including phenoxy) is 1. The molecule has 3 N–H and O–H groups in total. The van der Waals surface area contributed by atoms with Crippen LogP contribution in [0.2, 0.25) is 0 Å². The van der Waals surface area contributed by atoms with Gasteiger partial charge in [0, 0.05) is 10.6 Å². The Morgan fingerprint density at radius 3 is 2.34 bits per heavy atom. The predicted molar refractivity (Wildman–Crippen MR) is 120 cm³/mol. The molecule has 1 aromatic heterocycles. The van der Waals surface area contributed by atoms with Crippen LogP contribution in [0.1, 0.15) is 16.5 Å². The van der Waals surface area contributed by atoms with E-state index in [1.807, 2.05) is 0 Å². The number of para-hydroxylation sites is 1. The van der Waals surface area contributed by atoms with Crippen LogP contribution < -0.4 is 14.8 Å². The van der Waals surface area contributed by atoms with Crippen molar-refractivity contribution in [3.05, 3.63) is 82.1 Å². The molecule has 4 rings (SSSR count). The minimum absolute atomic E-state index is 0.0857. The number of primary sulfonamides is 1. The van der Waals surface area contributed by atoms with Gasteiger partial charge in [-0.15, -0.1) is 11.3 Å². The second-order valence-electron chi connectivity index (χ2n) is 6.92. The highest BCUT2D eigenvalue weighted by Crippen LogP contribution is 2.44. The van der Waals surface area contributed by atoms with Crippen molar-refractivity contribution in [2.24, 2.45) is 5.14 Å². The monoisotopic (exact) mass is 470 g/mol. The average Bonchev–Trinajstić information content (AvgIpc) is 3.40. The Morgan fingerprint density at radius 2 is 1.75 bits per heavy atom. The topological polar surface area (TPSA) is 127 Å². The molecule has 1 aliphatic rings. The number of benzene rings is 2.